The predicted octanol–water partition coefficient (Wildman–Crippen LogP) is 3.19. The molecule has 0 aliphatic carbocycles. The second-order valence-corrected chi connectivity index (χ2v) is 6.81. The van der Waals surface area contributed by atoms with Crippen LogP contribution in [0, 0.1) is 3.57 Å². The molecule has 1 atom stereocenters. The van der Waals surface area contributed by atoms with E-state index in [1.54, 1.807) is 0 Å². The lowest BCUT2D eigenvalue weighted by Crippen LogP contribution is -2.53. The van der Waals surface area contributed by atoms with Gasteiger partial charge in [-0.25, -0.2) is 4.79 Å². The van der Waals surface area contributed by atoms with Crippen LogP contribution in [-0.2, 0) is 16.7 Å². The number of carboxylic acid groups (broad SMARTS) is 1. The molecule has 0 saturated carbocycles. The Morgan fingerprint density at radius 3 is 3.00 bits per heavy atom. The number of carbonyl (C=O) groups is 1. The van der Waals surface area contributed by atoms with Gasteiger partial charge < -0.3 is 14.3 Å². The van der Waals surface area contributed by atoms with Crippen molar-refractivity contribution in [3.05, 3.63) is 33.1 Å². The predicted molar refractivity (Wildman–Crippen MR) is 84.5 cm³/mol. The molecule has 4 rings (SSSR count). The third-order valence-electron chi connectivity index (χ3n) is 4.51. The van der Waals surface area contributed by atoms with E-state index >= 15 is 0 Å². The third kappa shape index (κ3) is 1.81. The normalized spacial score (nSPS) is 24.7. The lowest BCUT2D eigenvalue weighted by atomic mass is 9.85. The molecule has 1 amide bonds. The zero-order valence-electron chi connectivity index (χ0n) is 11.3. The third-order valence-corrected chi connectivity index (χ3v) is 5.18. The summed E-state index contributed by atoms with van der Waals surface area (Å²) in [6.07, 6.45) is 0.446. The molecule has 110 valence electrons. The molecule has 3 heterocycles. The monoisotopic (exact) mass is 399 g/mol. The molecule has 21 heavy (non-hydrogen) atoms. The van der Waals surface area contributed by atoms with Gasteiger partial charge in [0.15, 0.2) is 0 Å². The number of fused-ring (bicyclic) bond motifs is 4. The van der Waals surface area contributed by atoms with E-state index in [-0.39, 0.29) is 0 Å². The van der Waals surface area contributed by atoms with Crippen molar-refractivity contribution in [1.82, 2.24) is 4.90 Å². The van der Waals surface area contributed by atoms with E-state index in [1.807, 2.05) is 6.07 Å². The van der Waals surface area contributed by atoms with Gasteiger partial charge in [0.25, 0.3) is 0 Å². The maximum Gasteiger partial charge on any atom is 0.408 e. The maximum absolute atomic E-state index is 11.6. The van der Waals surface area contributed by atoms with Crippen LogP contribution in [0.3, 0.4) is 0 Å². The summed E-state index contributed by atoms with van der Waals surface area (Å²) in [5.41, 5.74) is 1.33. The van der Waals surface area contributed by atoms with Gasteiger partial charge in [0.1, 0.15) is 16.9 Å². The van der Waals surface area contributed by atoms with Gasteiger partial charge in [-0.15, -0.1) is 0 Å². The Labute approximate surface area is 135 Å². The van der Waals surface area contributed by atoms with Gasteiger partial charge in [-0.1, -0.05) is 0 Å². The summed E-state index contributed by atoms with van der Waals surface area (Å²) < 4.78 is 12.7. The van der Waals surface area contributed by atoms with Crippen molar-refractivity contribution in [2.75, 3.05) is 19.8 Å². The first kappa shape index (κ1) is 13.4. The molecule has 1 aromatic heterocycles. The summed E-state index contributed by atoms with van der Waals surface area (Å²) in [7, 11) is 0. The SMILES string of the molecule is O=C(O)N1CCc2c(oc3cc(I)ccc23)[C@@]12CCOC2. The number of amides is 1. The van der Waals surface area contributed by atoms with Crippen molar-refractivity contribution in [2.45, 2.75) is 18.4 Å². The fourth-order valence-electron chi connectivity index (χ4n) is 3.53. The van der Waals surface area contributed by atoms with Crippen molar-refractivity contribution in [2.24, 2.45) is 0 Å². The van der Waals surface area contributed by atoms with Crippen LogP contribution in [0.4, 0.5) is 4.79 Å². The highest BCUT2D eigenvalue weighted by Crippen LogP contribution is 2.45. The van der Waals surface area contributed by atoms with Crippen LogP contribution in [0.25, 0.3) is 11.0 Å². The number of halogens is 1. The smallest absolute Gasteiger partial charge is 0.408 e. The van der Waals surface area contributed by atoms with E-state index in [2.05, 4.69) is 34.7 Å². The Balaban J connectivity index is 1.96. The maximum atomic E-state index is 11.6. The van der Waals surface area contributed by atoms with E-state index in [1.165, 1.54) is 4.90 Å². The van der Waals surface area contributed by atoms with Crippen LogP contribution in [-0.4, -0.2) is 35.9 Å². The second-order valence-electron chi connectivity index (χ2n) is 5.57. The first-order valence-corrected chi connectivity index (χ1v) is 7.99. The average Bonchev–Trinajstić information content (AvgIpc) is 3.04. The van der Waals surface area contributed by atoms with Gasteiger partial charge in [0.05, 0.1) is 6.61 Å². The minimum absolute atomic E-state index is 0.378. The number of furan rings is 1. The van der Waals surface area contributed by atoms with Crippen molar-refractivity contribution >= 4 is 39.7 Å². The van der Waals surface area contributed by atoms with Crippen LogP contribution in [0.1, 0.15) is 17.7 Å². The van der Waals surface area contributed by atoms with Crippen LogP contribution >= 0.6 is 22.6 Å². The lowest BCUT2D eigenvalue weighted by molar-refractivity contribution is 0.0398. The molecular formula is C15H14INO4. The number of benzene rings is 1. The molecule has 1 N–H and O–H groups in total. The molecule has 1 spiro atoms. The van der Waals surface area contributed by atoms with E-state index < -0.39 is 11.6 Å². The zero-order chi connectivity index (χ0) is 14.6. The van der Waals surface area contributed by atoms with Crippen LogP contribution in [0.2, 0.25) is 0 Å². The second kappa shape index (κ2) is 4.61. The summed E-state index contributed by atoms with van der Waals surface area (Å²) >= 11 is 2.25. The molecule has 0 radical (unpaired) electrons. The molecule has 2 aromatic rings. The average molecular weight is 399 g/mol. The fraction of sp³-hybridized carbons (Fsp3) is 0.400. The summed E-state index contributed by atoms with van der Waals surface area (Å²) in [4.78, 5) is 13.1. The van der Waals surface area contributed by atoms with Crippen molar-refractivity contribution in [3.63, 3.8) is 0 Å². The lowest BCUT2D eigenvalue weighted by Gasteiger charge is -2.40. The highest BCUT2D eigenvalue weighted by molar-refractivity contribution is 14.1. The Bertz CT molecular complexity index is 733. The molecule has 1 fully saturated rings. The van der Waals surface area contributed by atoms with Crippen LogP contribution in [0.15, 0.2) is 22.6 Å². The Kier molecular flexibility index (Phi) is 2.94. The number of hydrogen-bond donors (Lipinski definition) is 1. The minimum Gasteiger partial charge on any atom is -0.465 e. The fourth-order valence-corrected chi connectivity index (χ4v) is 4.00. The summed E-state index contributed by atoms with van der Waals surface area (Å²) in [5.74, 6) is 0.783. The minimum atomic E-state index is -0.902. The molecule has 1 saturated heterocycles. The van der Waals surface area contributed by atoms with Gasteiger partial charge in [-0.3, -0.25) is 4.90 Å². The Morgan fingerprint density at radius 1 is 1.43 bits per heavy atom. The van der Waals surface area contributed by atoms with Crippen LogP contribution in [0.5, 0.6) is 0 Å². The van der Waals surface area contributed by atoms with Crippen LogP contribution < -0.4 is 0 Å². The molecular weight excluding hydrogens is 385 g/mol. The quantitative estimate of drug-likeness (QED) is 0.692. The standard InChI is InChI=1S/C15H14INO4/c16-9-1-2-10-11-3-5-17(14(18)19)15(4-6-20-8-15)13(11)21-12(10)7-9/h1-2,7H,3-6,8H2,(H,18,19)/t15-/m0/s1. The molecule has 2 aliphatic heterocycles. The molecule has 5 nitrogen and oxygen atoms in total. The van der Waals surface area contributed by atoms with Gasteiger partial charge in [0.2, 0.25) is 0 Å². The number of hydrogen-bond acceptors (Lipinski definition) is 3. The van der Waals surface area contributed by atoms with E-state index in [0.29, 0.717) is 32.6 Å². The number of rotatable bonds is 0. The molecule has 0 bridgehead atoms. The Morgan fingerprint density at radius 2 is 2.29 bits per heavy atom. The van der Waals surface area contributed by atoms with Crippen molar-refractivity contribution in [3.8, 4) is 0 Å². The Hall–Kier alpha value is -1.28. The van der Waals surface area contributed by atoms with E-state index in [0.717, 1.165) is 25.9 Å². The topological polar surface area (TPSA) is 62.9 Å². The number of nitrogens with zero attached hydrogens (tertiary/aromatic N) is 1. The highest BCUT2D eigenvalue weighted by Gasteiger charge is 2.51. The number of ether oxygens (including phenoxy) is 1. The summed E-state index contributed by atoms with van der Waals surface area (Å²) in [6.45, 7) is 1.44. The zero-order valence-corrected chi connectivity index (χ0v) is 13.4. The summed E-state index contributed by atoms with van der Waals surface area (Å²) in [6, 6.07) is 6.13. The molecule has 2 aliphatic rings. The van der Waals surface area contributed by atoms with Gasteiger partial charge >= 0.3 is 6.09 Å². The van der Waals surface area contributed by atoms with E-state index in [4.69, 9.17) is 9.15 Å². The van der Waals surface area contributed by atoms with Gasteiger partial charge in [0, 0.05) is 34.1 Å². The van der Waals surface area contributed by atoms with E-state index in [9.17, 15) is 9.90 Å². The van der Waals surface area contributed by atoms with Gasteiger partial charge in [-0.2, -0.15) is 0 Å². The first-order valence-electron chi connectivity index (χ1n) is 6.91. The molecule has 0 unspecified atom stereocenters. The van der Waals surface area contributed by atoms with Gasteiger partial charge in [-0.05, 0) is 47.2 Å². The highest BCUT2D eigenvalue weighted by atomic mass is 127. The summed E-state index contributed by atoms with van der Waals surface area (Å²) in [5, 5.41) is 10.6. The first-order chi connectivity index (χ1) is 10.1. The molecule has 1 aromatic carbocycles. The molecule has 6 heteroatoms. The van der Waals surface area contributed by atoms with Crippen molar-refractivity contribution in [1.29, 1.82) is 0 Å². The van der Waals surface area contributed by atoms with Crippen molar-refractivity contribution < 1.29 is 19.1 Å². The largest absolute Gasteiger partial charge is 0.465 e.